The Morgan fingerprint density at radius 3 is 1.72 bits per heavy atom. The molecule has 4 heteroatoms. The molecule has 1 amide bonds. The first-order valence-corrected chi connectivity index (χ1v) is 7.09. The lowest BCUT2D eigenvalue weighted by atomic mass is 10.1. The van der Waals surface area contributed by atoms with E-state index in [1.54, 1.807) is 6.92 Å². The largest absolute Gasteiger partial charge is 0.481 e. The average Bonchev–Trinajstić information content (AvgIpc) is 2.29. The van der Waals surface area contributed by atoms with E-state index < -0.39 is 5.97 Å². The summed E-state index contributed by atoms with van der Waals surface area (Å²) in [5.41, 5.74) is 0. The second-order valence-electron chi connectivity index (χ2n) is 4.81. The molecule has 0 rings (SSSR count). The van der Waals surface area contributed by atoms with E-state index in [0.717, 1.165) is 32.2 Å². The molecule has 0 aliphatic carbocycles. The smallest absolute Gasteiger partial charge is 0.303 e. The highest BCUT2D eigenvalue weighted by molar-refractivity contribution is 5.72. The van der Waals surface area contributed by atoms with Crippen LogP contribution in [0.2, 0.25) is 0 Å². The zero-order chi connectivity index (χ0) is 13.6. The molecule has 18 heavy (non-hydrogen) atoms. The van der Waals surface area contributed by atoms with Gasteiger partial charge in [0.1, 0.15) is 0 Å². The number of aliphatic carboxylic acids is 1. The van der Waals surface area contributed by atoms with Gasteiger partial charge in [0.15, 0.2) is 0 Å². The molecule has 0 spiro atoms. The van der Waals surface area contributed by atoms with E-state index in [4.69, 9.17) is 5.11 Å². The molecule has 0 atom stereocenters. The fourth-order valence-electron chi connectivity index (χ4n) is 1.90. The van der Waals surface area contributed by atoms with E-state index in [2.05, 4.69) is 5.32 Å². The van der Waals surface area contributed by atoms with Gasteiger partial charge in [-0.25, -0.2) is 0 Å². The van der Waals surface area contributed by atoms with Gasteiger partial charge in [-0.05, 0) is 12.8 Å². The summed E-state index contributed by atoms with van der Waals surface area (Å²) in [6.07, 6.45) is 10.5. The van der Waals surface area contributed by atoms with Crippen LogP contribution in [0.1, 0.15) is 71.1 Å². The molecule has 0 heterocycles. The third-order valence-electron chi connectivity index (χ3n) is 2.94. The van der Waals surface area contributed by atoms with Gasteiger partial charge in [0.05, 0.1) is 0 Å². The molecule has 0 saturated carbocycles. The Morgan fingerprint density at radius 1 is 0.833 bits per heavy atom. The molecular weight excluding hydrogens is 230 g/mol. The minimum absolute atomic E-state index is 0.0522. The number of hydrogen-bond donors (Lipinski definition) is 2. The average molecular weight is 257 g/mol. The van der Waals surface area contributed by atoms with Crippen molar-refractivity contribution in [2.75, 3.05) is 6.54 Å². The van der Waals surface area contributed by atoms with Gasteiger partial charge in [-0.3, -0.25) is 9.59 Å². The van der Waals surface area contributed by atoms with Crippen molar-refractivity contribution < 1.29 is 14.7 Å². The van der Waals surface area contributed by atoms with Crippen LogP contribution in [0.3, 0.4) is 0 Å². The highest BCUT2D eigenvalue weighted by Gasteiger charge is 1.97. The Hall–Kier alpha value is -1.06. The topological polar surface area (TPSA) is 66.4 Å². The van der Waals surface area contributed by atoms with Crippen molar-refractivity contribution in [1.82, 2.24) is 5.32 Å². The summed E-state index contributed by atoms with van der Waals surface area (Å²) in [6.45, 7) is 2.34. The fourth-order valence-corrected chi connectivity index (χ4v) is 1.90. The maximum absolute atomic E-state index is 10.6. The minimum Gasteiger partial charge on any atom is -0.481 e. The third-order valence-corrected chi connectivity index (χ3v) is 2.94. The van der Waals surface area contributed by atoms with Crippen molar-refractivity contribution in [2.45, 2.75) is 71.1 Å². The molecule has 0 aliphatic rings. The van der Waals surface area contributed by atoms with Gasteiger partial charge < -0.3 is 10.4 Å². The SMILES string of the molecule is CC(=O)NCCCCCCCCCCCC(=O)O. The van der Waals surface area contributed by atoms with E-state index >= 15 is 0 Å². The molecule has 0 fully saturated rings. The number of carbonyl (C=O) groups is 2. The van der Waals surface area contributed by atoms with E-state index in [0.29, 0.717) is 6.42 Å². The van der Waals surface area contributed by atoms with Gasteiger partial charge >= 0.3 is 5.97 Å². The number of nitrogens with one attached hydrogen (secondary N) is 1. The quantitative estimate of drug-likeness (QED) is 0.528. The number of carboxylic acid groups (broad SMARTS) is 1. The van der Waals surface area contributed by atoms with Crippen LogP contribution in [0.15, 0.2) is 0 Å². The first-order valence-electron chi connectivity index (χ1n) is 7.09. The first kappa shape index (κ1) is 16.9. The van der Waals surface area contributed by atoms with E-state index in [-0.39, 0.29) is 5.91 Å². The van der Waals surface area contributed by atoms with Crippen LogP contribution < -0.4 is 5.32 Å². The molecule has 106 valence electrons. The molecule has 0 aromatic rings. The second-order valence-corrected chi connectivity index (χ2v) is 4.81. The number of carboxylic acids is 1. The lowest BCUT2D eigenvalue weighted by Gasteiger charge is -2.03. The summed E-state index contributed by atoms with van der Waals surface area (Å²) in [5, 5.41) is 11.3. The number of amides is 1. The highest BCUT2D eigenvalue weighted by atomic mass is 16.4. The molecule has 0 radical (unpaired) electrons. The Kier molecular flexibility index (Phi) is 11.7. The van der Waals surface area contributed by atoms with Crippen LogP contribution in [-0.2, 0) is 9.59 Å². The summed E-state index contributed by atoms with van der Waals surface area (Å²) in [7, 11) is 0. The number of unbranched alkanes of at least 4 members (excludes halogenated alkanes) is 8. The molecular formula is C14H27NO3. The molecule has 4 nitrogen and oxygen atoms in total. The summed E-state index contributed by atoms with van der Waals surface area (Å²) in [4.78, 5) is 20.9. The summed E-state index contributed by atoms with van der Waals surface area (Å²) in [5.74, 6) is -0.634. The van der Waals surface area contributed by atoms with Crippen LogP contribution in [0, 0.1) is 0 Å². The van der Waals surface area contributed by atoms with Gasteiger partial charge in [-0.15, -0.1) is 0 Å². The lowest BCUT2D eigenvalue weighted by Crippen LogP contribution is -2.20. The summed E-state index contributed by atoms with van der Waals surface area (Å²) >= 11 is 0. The van der Waals surface area contributed by atoms with Crippen molar-refractivity contribution in [3.05, 3.63) is 0 Å². The number of carbonyl (C=O) groups excluding carboxylic acids is 1. The van der Waals surface area contributed by atoms with Crippen molar-refractivity contribution in [2.24, 2.45) is 0 Å². The lowest BCUT2D eigenvalue weighted by molar-refractivity contribution is -0.137. The molecule has 0 saturated heterocycles. The molecule has 0 bridgehead atoms. The Labute approximate surface area is 110 Å². The highest BCUT2D eigenvalue weighted by Crippen LogP contribution is 2.10. The van der Waals surface area contributed by atoms with Crippen LogP contribution in [0.25, 0.3) is 0 Å². The second kappa shape index (κ2) is 12.4. The van der Waals surface area contributed by atoms with Gasteiger partial charge in [-0.1, -0.05) is 44.9 Å². The van der Waals surface area contributed by atoms with Crippen molar-refractivity contribution in [3.63, 3.8) is 0 Å². The maximum Gasteiger partial charge on any atom is 0.303 e. The van der Waals surface area contributed by atoms with E-state index in [9.17, 15) is 9.59 Å². The Morgan fingerprint density at radius 2 is 1.28 bits per heavy atom. The predicted octanol–water partition coefficient (Wildman–Crippen LogP) is 3.11. The molecule has 0 aromatic heterocycles. The van der Waals surface area contributed by atoms with Crippen molar-refractivity contribution in [1.29, 1.82) is 0 Å². The monoisotopic (exact) mass is 257 g/mol. The predicted molar refractivity (Wildman–Crippen MR) is 72.5 cm³/mol. The summed E-state index contributed by atoms with van der Waals surface area (Å²) < 4.78 is 0. The summed E-state index contributed by atoms with van der Waals surface area (Å²) in [6, 6.07) is 0. The Bertz CT molecular complexity index is 205. The van der Waals surface area contributed by atoms with Crippen LogP contribution in [0.4, 0.5) is 0 Å². The zero-order valence-electron chi connectivity index (χ0n) is 11.5. The van der Waals surface area contributed by atoms with Crippen molar-refractivity contribution in [3.8, 4) is 0 Å². The van der Waals surface area contributed by atoms with Gasteiger partial charge in [-0.2, -0.15) is 0 Å². The molecule has 0 aliphatic heterocycles. The minimum atomic E-state index is -0.686. The molecule has 0 aromatic carbocycles. The van der Waals surface area contributed by atoms with Crippen LogP contribution >= 0.6 is 0 Å². The normalized spacial score (nSPS) is 10.3. The molecule has 2 N–H and O–H groups in total. The van der Waals surface area contributed by atoms with Crippen molar-refractivity contribution >= 4 is 11.9 Å². The standard InChI is InChI=1S/C14H27NO3/c1-13(16)15-12-10-8-6-4-2-3-5-7-9-11-14(17)18/h2-12H2,1H3,(H,15,16)(H,17,18). The van der Waals surface area contributed by atoms with Gasteiger partial charge in [0.25, 0.3) is 0 Å². The number of hydrogen-bond acceptors (Lipinski definition) is 2. The molecule has 0 unspecified atom stereocenters. The van der Waals surface area contributed by atoms with Gasteiger partial charge in [0.2, 0.25) is 5.91 Å². The number of rotatable bonds is 12. The zero-order valence-corrected chi connectivity index (χ0v) is 11.5. The van der Waals surface area contributed by atoms with Crippen LogP contribution in [0.5, 0.6) is 0 Å². The van der Waals surface area contributed by atoms with Crippen LogP contribution in [-0.4, -0.2) is 23.5 Å². The third kappa shape index (κ3) is 14.9. The van der Waals surface area contributed by atoms with E-state index in [1.165, 1.54) is 32.1 Å². The first-order chi connectivity index (χ1) is 8.63. The fraction of sp³-hybridized carbons (Fsp3) is 0.857. The van der Waals surface area contributed by atoms with E-state index in [1.807, 2.05) is 0 Å². The Balaban J connectivity index is 2.99. The van der Waals surface area contributed by atoms with Gasteiger partial charge in [0, 0.05) is 19.9 Å². The maximum atomic E-state index is 10.6.